The van der Waals surface area contributed by atoms with Crippen molar-refractivity contribution in [2.75, 3.05) is 20.1 Å². The van der Waals surface area contributed by atoms with Gasteiger partial charge in [-0.2, -0.15) is 0 Å². The van der Waals surface area contributed by atoms with Crippen molar-refractivity contribution >= 4 is 17.3 Å². The van der Waals surface area contributed by atoms with Crippen LogP contribution in [0.3, 0.4) is 0 Å². The van der Waals surface area contributed by atoms with E-state index in [1.807, 2.05) is 13.1 Å². The molecule has 1 atom stereocenters. The molecule has 0 amide bonds. The minimum absolute atomic E-state index is 0.172. The van der Waals surface area contributed by atoms with Crippen LogP contribution in [0.15, 0.2) is 81.9 Å². The van der Waals surface area contributed by atoms with E-state index in [1.165, 1.54) is 22.3 Å². The molecule has 0 saturated carbocycles. The molecule has 0 aliphatic carbocycles. The first-order valence-corrected chi connectivity index (χ1v) is 14.6. The van der Waals surface area contributed by atoms with Crippen molar-refractivity contribution in [3.63, 3.8) is 0 Å². The van der Waals surface area contributed by atoms with Gasteiger partial charge in [-0.1, -0.05) is 83.2 Å². The predicted octanol–water partition coefficient (Wildman–Crippen LogP) is 10.2. The molecule has 1 rings (SSSR count). The number of aryl methyl sites for hydroxylation is 1. The van der Waals surface area contributed by atoms with Crippen LogP contribution in [0.1, 0.15) is 91.7 Å². The lowest BCUT2D eigenvalue weighted by Gasteiger charge is -2.25. The lowest BCUT2D eigenvalue weighted by molar-refractivity contribution is 0.543. The predicted molar refractivity (Wildman–Crippen MR) is 173 cm³/mol. The average molecular weight is 537 g/mol. The van der Waals surface area contributed by atoms with E-state index >= 15 is 0 Å². The maximum atomic E-state index is 6.42. The van der Waals surface area contributed by atoms with Crippen LogP contribution in [-0.4, -0.2) is 25.8 Å². The summed E-state index contributed by atoms with van der Waals surface area (Å²) in [7, 11) is 1.88. The molecular weight excluding hydrogens is 484 g/mol. The van der Waals surface area contributed by atoms with Crippen molar-refractivity contribution < 1.29 is 0 Å². The quantitative estimate of drug-likeness (QED) is 0.134. The average Bonchev–Trinajstić information content (AvgIpc) is 2.84. The van der Waals surface area contributed by atoms with Crippen LogP contribution in [0.25, 0.3) is 0 Å². The molecule has 1 unspecified atom stereocenters. The fourth-order valence-electron chi connectivity index (χ4n) is 4.87. The lowest BCUT2D eigenvalue weighted by Crippen LogP contribution is -2.20. The Balaban J connectivity index is 3.78. The van der Waals surface area contributed by atoms with Crippen molar-refractivity contribution in [1.82, 2.24) is 5.32 Å². The Hall–Kier alpha value is -2.16. The number of nitrogens with one attached hydrogen (secondary N) is 1. The van der Waals surface area contributed by atoms with Crippen molar-refractivity contribution in [2.24, 2.45) is 16.8 Å². The van der Waals surface area contributed by atoms with Crippen LogP contribution in [0.5, 0.6) is 0 Å². The van der Waals surface area contributed by atoms with Gasteiger partial charge in [0.15, 0.2) is 0 Å². The third kappa shape index (κ3) is 10.5. The smallest absolute Gasteiger partial charge is 0.0409 e. The van der Waals surface area contributed by atoms with Gasteiger partial charge in [-0.05, 0) is 117 Å². The second kappa shape index (κ2) is 16.7. The molecule has 0 bridgehead atoms. The van der Waals surface area contributed by atoms with Gasteiger partial charge >= 0.3 is 0 Å². The van der Waals surface area contributed by atoms with Gasteiger partial charge in [-0.15, -0.1) is 0 Å². The zero-order chi connectivity index (χ0) is 29.0. The number of rotatable bonds is 15. The Bertz CT molecular complexity index is 1080. The van der Waals surface area contributed by atoms with E-state index in [-0.39, 0.29) is 5.92 Å². The van der Waals surface area contributed by atoms with E-state index in [1.54, 1.807) is 0 Å². The third-order valence-electron chi connectivity index (χ3n) is 6.85. The van der Waals surface area contributed by atoms with Crippen LogP contribution in [0.4, 0.5) is 0 Å². The Labute approximate surface area is 239 Å². The van der Waals surface area contributed by atoms with Gasteiger partial charge in [0.25, 0.3) is 0 Å². The van der Waals surface area contributed by atoms with Crippen LogP contribution < -0.4 is 5.32 Å². The molecule has 0 fully saturated rings. The Morgan fingerprint density at radius 1 is 1.05 bits per heavy atom. The third-order valence-corrected chi connectivity index (χ3v) is 7.09. The Morgan fingerprint density at radius 3 is 2.24 bits per heavy atom. The first-order valence-electron chi connectivity index (χ1n) is 14.2. The summed E-state index contributed by atoms with van der Waals surface area (Å²) < 4.78 is 0. The minimum atomic E-state index is 0.172. The maximum Gasteiger partial charge on any atom is 0.0409 e. The SMILES string of the molecule is C=C(C)/C(C(=C)CCCNCC(C)C)=C(/C(=CC(C)c1cc(Cl)ccc1C)/C(=C\C)CC(C)C)C(C)=NC. The molecule has 210 valence electrons. The van der Waals surface area contributed by atoms with Crippen LogP contribution in [-0.2, 0) is 0 Å². The zero-order valence-corrected chi connectivity index (χ0v) is 26.6. The molecule has 1 aromatic carbocycles. The van der Waals surface area contributed by atoms with E-state index in [9.17, 15) is 0 Å². The molecule has 3 heteroatoms. The summed E-state index contributed by atoms with van der Waals surface area (Å²) >= 11 is 6.42. The lowest BCUT2D eigenvalue weighted by atomic mass is 9.80. The highest BCUT2D eigenvalue weighted by molar-refractivity contribution is 6.30. The topological polar surface area (TPSA) is 24.4 Å². The molecule has 38 heavy (non-hydrogen) atoms. The molecule has 0 aliphatic heterocycles. The normalized spacial score (nSPS) is 14.7. The minimum Gasteiger partial charge on any atom is -0.316 e. The number of aliphatic imine (C=N–C) groups is 1. The van der Waals surface area contributed by atoms with Gasteiger partial charge in [-0.3, -0.25) is 4.99 Å². The van der Waals surface area contributed by atoms with E-state index in [0.29, 0.717) is 11.8 Å². The number of hydrogen-bond donors (Lipinski definition) is 1. The molecule has 0 heterocycles. The van der Waals surface area contributed by atoms with Crippen molar-refractivity contribution in [3.8, 4) is 0 Å². The molecule has 0 radical (unpaired) electrons. The van der Waals surface area contributed by atoms with Crippen LogP contribution in [0.2, 0.25) is 5.02 Å². The van der Waals surface area contributed by atoms with Crippen LogP contribution in [0, 0.1) is 18.8 Å². The van der Waals surface area contributed by atoms with Gasteiger partial charge in [-0.25, -0.2) is 0 Å². The monoisotopic (exact) mass is 536 g/mol. The fourth-order valence-corrected chi connectivity index (χ4v) is 5.05. The number of nitrogens with zero attached hydrogens (tertiary/aromatic N) is 1. The Kier molecular flexibility index (Phi) is 14.9. The molecule has 0 aliphatic rings. The largest absolute Gasteiger partial charge is 0.316 e. The van der Waals surface area contributed by atoms with Crippen LogP contribution >= 0.6 is 11.6 Å². The van der Waals surface area contributed by atoms with Gasteiger partial charge in [0.05, 0.1) is 0 Å². The number of benzene rings is 1. The Morgan fingerprint density at radius 2 is 1.71 bits per heavy atom. The van der Waals surface area contributed by atoms with Crippen molar-refractivity contribution in [3.05, 3.63) is 93.1 Å². The van der Waals surface area contributed by atoms with Gasteiger partial charge in [0, 0.05) is 29.3 Å². The van der Waals surface area contributed by atoms with E-state index in [2.05, 4.69) is 105 Å². The standard InChI is InChI=1S/C35H53ClN2/c1-13-30(19-23(2)3)33(20-28(10)32-21-31(36)17-16-26(32)8)35(29(11)37-12)34(25(6)7)27(9)15-14-18-38-22-24(4)5/h13,16-17,20-21,23-24,28,38H,6,9,14-15,18-19,22H2,1-5,7-8,10-12H3/b30-13-,33-20?,35-34-,37-29?. The summed E-state index contributed by atoms with van der Waals surface area (Å²) in [5.74, 6) is 1.35. The number of hydrogen-bond acceptors (Lipinski definition) is 2. The van der Waals surface area contributed by atoms with E-state index in [4.69, 9.17) is 16.6 Å². The fraction of sp³-hybridized carbons (Fsp3) is 0.514. The number of allylic oxidation sites excluding steroid dienone is 8. The highest BCUT2D eigenvalue weighted by Crippen LogP contribution is 2.37. The summed E-state index contributed by atoms with van der Waals surface area (Å²) in [5.41, 5.74) is 10.5. The second-order valence-electron chi connectivity index (χ2n) is 11.4. The summed E-state index contributed by atoms with van der Waals surface area (Å²) in [4.78, 5) is 4.71. The summed E-state index contributed by atoms with van der Waals surface area (Å²) in [6.45, 7) is 30.8. The van der Waals surface area contributed by atoms with Gasteiger partial charge in [0.1, 0.15) is 0 Å². The van der Waals surface area contributed by atoms with E-state index < -0.39 is 0 Å². The highest BCUT2D eigenvalue weighted by atomic mass is 35.5. The van der Waals surface area contributed by atoms with Gasteiger partial charge in [0.2, 0.25) is 0 Å². The van der Waals surface area contributed by atoms with Crippen molar-refractivity contribution in [2.45, 2.75) is 87.5 Å². The summed E-state index contributed by atoms with van der Waals surface area (Å²) in [6, 6.07) is 6.17. The molecule has 2 nitrogen and oxygen atoms in total. The first-order chi connectivity index (χ1) is 17.8. The molecule has 1 aromatic rings. The second-order valence-corrected chi connectivity index (χ2v) is 11.9. The zero-order valence-electron chi connectivity index (χ0n) is 25.9. The molecule has 1 N–H and O–H groups in total. The highest BCUT2D eigenvalue weighted by Gasteiger charge is 2.22. The molecule has 0 spiro atoms. The molecular formula is C35H53ClN2. The summed E-state index contributed by atoms with van der Waals surface area (Å²) in [5, 5.41) is 4.33. The van der Waals surface area contributed by atoms with Gasteiger partial charge < -0.3 is 5.32 Å². The summed E-state index contributed by atoms with van der Waals surface area (Å²) in [6.07, 6.45) is 7.61. The first kappa shape index (κ1) is 33.9. The maximum absolute atomic E-state index is 6.42. The molecule has 0 aromatic heterocycles. The van der Waals surface area contributed by atoms with Crippen molar-refractivity contribution in [1.29, 1.82) is 0 Å². The van der Waals surface area contributed by atoms with E-state index in [0.717, 1.165) is 65.4 Å². The number of halogens is 1. The molecule has 0 saturated heterocycles.